The Hall–Kier alpha value is 0.880. The molecule has 0 saturated carbocycles. The Morgan fingerprint density at radius 1 is 0.400 bits per heavy atom. The van der Waals surface area contributed by atoms with Crippen molar-refractivity contribution in [1.29, 1.82) is 0 Å². The molecule has 0 aromatic carbocycles. The number of alkyl halides is 2. The van der Waals surface area contributed by atoms with Crippen LogP contribution in [0.2, 0.25) is 0 Å². The summed E-state index contributed by atoms with van der Waals surface area (Å²) in [5, 5.41) is 2.36. The first-order valence-electron chi connectivity index (χ1n) is 8.35. The highest BCUT2D eigenvalue weighted by Gasteiger charge is 1.92. The molecule has 0 aromatic rings. The summed E-state index contributed by atoms with van der Waals surface area (Å²) in [4.78, 5) is 0. The summed E-state index contributed by atoms with van der Waals surface area (Å²) in [6.07, 6.45) is 16.3. The summed E-state index contributed by atoms with van der Waals surface area (Å²) in [5.41, 5.74) is 10.3. The third-order valence-corrected chi connectivity index (χ3v) is 4.30. The van der Waals surface area contributed by atoms with Gasteiger partial charge in [-0.15, -0.1) is 0 Å². The van der Waals surface area contributed by atoms with E-state index in [0.717, 1.165) is 25.9 Å². The maximum Gasteiger partial charge on any atom is 0.00313 e. The third kappa shape index (κ3) is 27.3. The minimum Gasteiger partial charge on any atom is -0.330 e. The van der Waals surface area contributed by atoms with Gasteiger partial charge in [-0.25, -0.2) is 0 Å². The quantitative estimate of drug-likeness (QED) is 0.296. The molecular formula is C16H36Br2N2. The van der Waals surface area contributed by atoms with Gasteiger partial charge >= 0.3 is 0 Å². The first-order chi connectivity index (χ1) is 9.83. The SMILES string of the molecule is BrCCCCCCCCCCCCBr.NCCCCN. The Bertz CT molecular complexity index is 130. The van der Waals surface area contributed by atoms with Gasteiger partial charge in [-0.2, -0.15) is 0 Å². The zero-order chi connectivity index (χ0) is 15.3. The fourth-order valence-corrected chi connectivity index (χ4v) is 2.68. The average molecular weight is 416 g/mol. The number of halogens is 2. The molecule has 4 N–H and O–H groups in total. The van der Waals surface area contributed by atoms with Gasteiger partial charge in [0.25, 0.3) is 0 Å². The van der Waals surface area contributed by atoms with Crippen LogP contribution < -0.4 is 11.5 Å². The Morgan fingerprint density at radius 3 is 0.850 bits per heavy atom. The molecule has 0 fully saturated rings. The van der Waals surface area contributed by atoms with Crippen LogP contribution in [0, 0.1) is 0 Å². The van der Waals surface area contributed by atoms with Gasteiger partial charge in [0.1, 0.15) is 0 Å². The Balaban J connectivity index is 0. The first kappa shape index (κ1) is 23.2. The summed E-state index contributed by atoms with van der Waals surface area (Å²) < 4.78 is 0. The molecule has 4 heteroatoms. The predicted octanol–water partition coefficient (Wildman–Crippen LogP) is 5.36. The summed E-state index contributed by atoms with van der Waals surface area (Å²) in [6.45, 7) is 1.55. The molecule has 2 nitrogen and oxygen atoms in total. The maximum atomic E-state index is 5.16. The van der Waals surface area contributed by atoms with Crippen molar-refractivity contribution in [1.82, 2.24) is 0 Å². The molecule has 0 aromatic heterocycles. The van der Waals surface area contributed by atoms with Crippen molar-refractivity contribution in [2.24, 2.45) is 11.5 Å². The van der Waals surface area contributed by atoms with E-state index in [2.05, 4.69) is 31.9 Å². The van der Waals surface area contributed by atoms with Crippen LogP contribution in [0.15, 0.2) is 0 Å². The fraction of sp³-hybridized carbons (Fsp3) is 1.00. The second-order valence-corrected chi connectivity index (χ2v) is 6.78. The van der Waals surface area contributed by atoms with Crippen LogP contribution >= 0.6 is 31.9 Å². The van der Waals surface area contributed by atoms with Gasteiger partial charge in [0.05, 0.1) is 0 Å². The van der Waals surface area contributed by atoms with Crippen molar-refractivity contribution in [3.05, 3.63) is 0 Å². The largest absolute Gasteiger partial charge is 0.330 e. The molecule has 0 spiro atoms. The van der Waals surface area contributed by atoms with E-state index in [1.54, 1.807) is 0 Å². The standard InChI is InChI=1S/C12H24Br2.C4H12N2/c13-11-9-7-5-3-1-2-4-6-8-10-12-14;5-3-1-2-4-6/h1-12H2;1-6H2. The molecule has 124 valence electrons. The Labute approximate surface area is 144 Å². The topological polar surface area (TPSA) is 52.0 Å². The van der Waals surface area contributed by atoms with Crippen molar-refractivity contribution < 1.29 is 0 Å². The zero-order valence-electron chi connectivity index (χ0n) is 13.2. The van der Waals surface area contributed by atoms with Crippen molar-refractivity contribution in [3.8, 4) is 0 Å². The van der Waals surface area contributed by atoms with Gasteiger partial charge < -0.3 is 11.5 Å². The molecule has 0 bridgehead atoms. The molecule has 0 radical (unpaired) electrons. The van der Waals surface area contributed by atoms with Gasteiger partial charge in [-0.3, -0.25) is 0 Å². The molecule has 0 rings (SSSR count). The molecule has 0 amide bonds. The summed E-state index contributed by atoms with van der Waals surface area (Å²) in [5.74, 6) is 0. The highest BCUT2D eigenvalue weighted by molar-refractivity contribution is 9.09. The van der Waals surface area contributed by atoms with Crippen LogP contribution in [0.4, 0.5) is 0 Å². The predicted molar refractivity (Wildman–Crippen MR) is 101 cm³/mol. The summed E-state index contributed by atoms with van der Waals surface area (Å²) in [7, 11) is 0. The number of hydrogen-bond donors (Lipinski definition) is 2. The van der Waals surface area contributed by atoms with Crippen molar-refractivity contribution in [3.63, 3.8) is 0 Å². The van der Waals surface area contributed by atoms with Crippen molar-refractivity contribution in [2.75, 3.05) is 23.7 Å². The molecule has 0 saturated heterocycles. The second-order valence-electron chi connectivity index (χ2n) is 5.20. The third-order valence-electron chi connectivity index (χ3n) is 3.18. The van der Waals surface area contributed by atoms with Gasteiger partial charge in [-0.05, 0) is 38.8 Å². The van der Waals surface area contributed by atoms with E-state index in [-0.39, 0.29) is 0 Å². The van der Waals surface area contributed by atoms with E-state index in [1.165, 1.54) is 74.9 Å². The number of unbranched alkanes of at least 4 members (excludes halogenated alkanes) is 10. The maximum absolute atomic E-state index is 5.16. The summed E-state index contributed by atoms with van der Waals surface area (Å²) >= 11 is 6.93. The molecule has 0 heterocycles. The molecular weight excluding hydrogens is 380 g/mol. The highest BCUT2D eigenvalue weighted by Crippen LogP contribution is 2.11. The van der Waals surface area contributed by atoms with E-state index in [0.29, 0.717) is 0 Å². The number of rotatable bonds is 14. The van der Waals surface area contributed by atoms with Crippen molar-refractivity contribution >= 4 is 31.9 Å². The average Bonchev–Trinajstić information content (AvgIpc) is 2.48. The lowest BCUT2D eigenvalue weighted by Crippen LogP contribution is -2.03. The lowest BCUT2D eigenvalue weighted by atomic mass is 10.1. The molecule has 0 aliphatic heterocycles. The Kier molecular flexibility index (Phi) is 28.8. The van der Waals surface area contributed by atoms with Crippen LogP contribution in [0.5, 0.6) is 0 Å². The van der Waals surface area contributed by atoms with Crippen LogP contribution in [-0.4, -0.2) is 23.7 Å². The zero-order valence-corrected chi connectivity index (χ0v) is 16.4. The van der Waals surface area contributed by atoms with Crippen LogP contribution in [0.3, 0.4) is 0 Å². The van der Waals surface area contributed by atoms with Crippen molar-refractivity contribution in [2.45, 2.75) is 77.0 Å². The smallest absolute Gasteiger partial charge is 0.00313 e. The van der Waals surface area contributed by atoms with E-state index >= 15 is 0 Å². The highest BCUT2D eigenvalue weighted by atomic mass is 79.9. The van der Waals surface area contributed by atoms with Crippen LogP contribution in [0.25, 0.3) is 0 Å². The summed E-state index contributed by atoms with van der Waals surface area (Å²) in [6, 6.07) is 0. The molecule has 0 aliphatic carbocycles. The van der Waals surface area contributed by atoms with Gasteiger partial charge in [0.15, 0.2) is 0 Å². The minimum atomic E-state index is 0.775. The fourth-order valence-electron chi connectivity index (χ4n) is 1.89. The van der Waals surface area contributed by atoms with Gasteiger partial charge in [0.2, 0.25) is 0 Å². The monoisotopic (exact) mass is 414 g/mol. The normalized spacial score (nSPS) is 10.2. The molecule has 20 heavy (non-hydrogen) atoms. The second kappa shape index (κ2) is 24.9. The molecule has 0 unspecified atom stereocenters. The molecule has 0 aliphatic rings. The first-order valence-corrected chi connectivity index (χ1v) is 10.6. The number of hydrogen-bond acceptors (Lipinski definition) is 2. The van der Waals surface area contributed by atoms with E-state index < -0.39 is 0 Å². The lowest BCUT2D eigenvalue weighted by Gasteiger charge is -2.01. The van der Waals surface area contributed by atoms with Gasteiger partial charge in [-0.1, -0.05) is 83.2 Å². The number of nitrogens with two attached hydrogens (primary N) is 2. The Morgan fingerprint density at radius 2 is 0.650 bits per heavy atom. The van der Waals surface area contributed by atoms with E-state index in [9.17, 15) is 0 Å². The molecule has 0 atom stereocenters. The van der Waals surface area contributed by atoms with E-state index in [1.807, 2.05) is 0 Å². The van der Waals surface area contributed by atoms with Crippen LogP contribution in [0.1, 0.15) is 77.0 Å². The van der Waals surface area contributed by atoms with Crippen LogP contribution in [-0.2, 0) is 0 Å². The van der Waals surface area contributed by atoms with Gasteiger partial charge in [0, 0.05) is 10.7 Å². The lowest BCUT2D eigenvalue weighted by molar-refractivity contribution is 0.564. The van der Waals surface area contributed by atoms with E-state index in [4.69, 9.17) is 11.5 Å². The minimum absolute atomic E-state index is 0.775.